The van der Waals surface area contributed by atoms with Crippen molar-refractivity contribution in [2.75, 3.05) is 0 Å². The van der Waals surface area contributed by atoms with Crippen LogP contribution >= 0.6 is 0 Å². The Kier molecular flexibility index (Phi) is 3.99. The van der Waals surface area contributed by atoms with E-state index in [1.807, 2.05) is 0 Å². The molecule has 16 heavy (non-hydrogen) atoms. The number of hydrogen-bond donors (Lipinski definition) is 0. The van der Waals surface area contributed by atoms with E-state index in [0.29, 0.717) is 10.1 Å². The highest BCUT2D eigenvalue weighted by molar-refractivity contribution is 6.85. The average Bonchev–Trinajstić information content (AvgIpc) is 2.14. The highest BCUT2D eigenvalue weighted by Gasteiger charge is 2.53. The van der Waals surface area contributed by atoms with Crippen molar-refractivity contribution in [3.63, 3.8) is 0 Å². The SMILES string of the molecule is CC(C)(C)[Si](C)(C1CCCCC1)C(C)(C)C. The van der Waals surface area contributed by atoms with Crippen LogP contribution in [0.4, 0.5) is 0 Å². The van der Waals surface area contributed by atoms with Gasteiger partial charge in [0, 0.05) is 0 Å². The monoisotopic (exact) mass is 240 g/mol. The molecule has 0 aromatic heterocycles. The molecule has 1 aliphatic carbocycles. The van der Waals surface area contributed by atoms with Gasteiger partial charge < -0.3 is 0 Å². The highest BCUT2D eigenvalue weighted by atomic mass is 28.3. The summed E-state index contributed by atoms with van der Waals surface area (Å²) in [4.78, 5) is 0. The molecular formula is C15H32Si. The topological polar surface area (TPSA) is 0 Å². The Morgan fingerprint density at radius 1 is 0.750 bits per heavy atom. The molecule has 0 spiro atoms. The maximum Gasteiger partial charge on any atom is 0.0643 e. The van der Waals surface area contributed by atoms with Gasteiger partial charge in [-0.05, 0) is 15.6 Å². The second-order valence-electron chi connectivity index (χ2n) is 8.04. The standard InChI is InChI=1S/C15H32Si/c1-14(2,3)16(7,15(4,5)6)13-11-9-8-10-12-13/h13H,8-12H2,1-7H3. The Morgan fingerprint density at radius 3 is 1.44 bits per heavy atom. The van der Waals surface area contributed by atoms with Crippen LogP contribution < -0.4 is 0 Å². The van der Waals surface area contributed by atoms with E-state index in [1.165, 1.54) is 32.1 Å². The van der Waals surface area contributed by atoms with Gasteiger partial charge >= 0.3 is 0 Å². The van der Waals surface area contributed by atoms with Crippen LogP contribution in [0.15, 0.2) is 0 Å². The van der Waals surface area contributed by atoms with Crippen LogP contribution in [0.5, 0.6) is 0 Å². The molecule has 1 saturated carbocycles. The maximum atomic E-state index is 2.68. The first-order valence-corrected chi connectivity index (χ1v) is 9.68. The van der Waals surface area contributed by atoms with E-state index in [1.54, 1.807) is 0 Å². The highest BCUT2D eigenvalue weighted by Crippen LogP contribution is 2.59. The Morgan fingerprint density at radius 2 is 1.12 bits per heavy atom. The molecule has 0 aliphatic heterocycles. The molecule has 1 aliphatic rings. The lowest BCUT2D eigenvalue weighted by Crippen LogP contribution is -2.53. The van der Waals surface area contributed by atoms with Gasteiger partial charge in [-0.3, -0.25) is 0 Å². The quantitative estimate of drug-likeness (QED) is 0.493. The minimum absolute atomic E-state index is 0.535. The predicted molar refractivity (Wildman–Crippen MR) is 77.9 cm³/mol. The fraction of sp³-hybridized carbons (Fsp3) is 1.00. The van der Waals surface area contributed by atoms with Gasteiger partial charge in [0.1, 0.15) is 0 Å². The summed E-state index contributed by atoms with van der Waals surface area (Å²) < 4.78 is 0. The molecule has 1 heteroatoms. The first kappa shape index (κ1) is 14.3. The molecule has 0 unspecified atom stereocenters. The summed E-state index contributed by atoms with van der Waals surface area (Å²) in [5.41, 5.74) is 1.06. The van der Waals surface area contributed by atoms with Crippen molar-refractivity contribution < 1.29 is 0 Å². The molecule has 0 nitrogen and oxygen atoms in total. The summed E-state index contributed by atoms with van der Waals surface area (Å²) in [6.07, 6.45) is 7.47. The van der Waals surface area contributed by atoms with Crippen molar-refractivity contribution in [3.05, 3.63) is 0 Å². The largest absolute Gasteiger partial charge is 0.0682 e. The van der Waals surface area contributed by atoms with Crippen molar-refractivity contribution in [2.45, 2.75) is 95.8 Å². The third-order valence-corrected chi connectivity index (χ3v) is 14.0. The van der Waals surface area contributed by atoms with Crippen molar-refractivity contribution in [3.8, 4) is 0 Å². The molecule has 0 aromatic carbocycles. The van der Waals surface area contributed by atoms with Crippen LogP contribution in [0.3, 0.4) is 0 Å². The molecule has 0 saturated heterocycles. The van der Waals surface area contributed by atoms with E-state index in [-0.39, 0.29) is 0 Å². The van der Waals surface area contributed by atoms with Crippen molar-refractivity contribution in [1.29, 1.82) is 0 Å². The maximum absolute atomic E-state index is 2.68. The Labute approximate surface area is 104 Å². The Bertz CT molecular complexity index is 209. The zero-order valence-corrected chi connectivity index (χ0v) is 13.6. The molecule has 0 amide bonds. The molecule has 0 heterocycles. The van der Waals surface area contributed by atoms with Gasteiger partial charge in [0.05, 0.1) is 8.07 Å². The molecule has 0 aromatic rings. The summed E-state index contributed by atoms with van der Waals surface area (Å²) in [5, 5.41) is 1.07. The van der Waals surface area contributed by atoms with E-state index in [0.717, 1.165) is 5.54 Å². The minimum atomic E-state index is -1.25. The molecule has 1 fully saturated rings. The lowest BCUT2D eigenvalue weighted by molar-refractivity contribution is 0.457. The fourth-order valence-electron chi connectivity index (χ4n) is 4.03. The smallest absolute Gasteiger partial charge is 0.0643 e. The summed E-state index contributed by atoms with van der Waals surface area (Å²) in [7, 11) is -1.25. The summed E-state index contributed by atoms with van der Waals surface area (Å²) in [6, 6.07) is 0. The molecule has 1 rings (SSSR count). The molecule has 0 N–H and O–H groups in total. The number of rotatable bonds is 1. The van der Waals surface area contributed by atoms with E-state index in [2.05, 4.69) is 48.1 Å². The third kappa shape index (κ3) is 2.39. The molecule has 0 radical (unpaired) electrons. The Hall–Kier alpha value is 0.217. The molecular weight excluding hydrogens is 208 g/mol. The normalized spacial score (nSPS) is 21.2. The van der Waals surface area contributed by atoms with Gasteiger partial charge in [-0.1, -0.05) is 80.2 Å². The van der Waals surface area contributed by atoms with Crippen molar-refractivity contribution in [2.24, 2.45) is 0 Å². The minimum Gasteiger partial charge on any atom is -0.0682 e. The van der Waals surface area contributed by atoms with Gasteiger partial charge in [-0.15, -0.1) is 0 Å². The van der Waals surface area contributed by atoms with E-state index >= 15 is 0 Å². The second-order valence-corrected chi connectivity index (χ2v) is 14.3. The van der Waals surface area contributed by atoms with E-state index in [9.17, 15) is 0 Å². The van der Waals surface area contributed by atoms with Gasteiger partial charge in [-0.2, -0.15) is 0 Å². The lowest BCUT2D eigenvalue weighted by Gasteiger charge is -2.55. The van der Waals surface area contributed by atoms with Crippen molar-refractivity contribution >= 4 is 8.07 Å². The van der Waals surface area contributed by atoms with Gasteiger partial charge in [0.15, 0.2) is 0 Å². The van der Waals surface area contributed by atoms with Crippen LogP contribution in [0.1, 0.15) is 73.6 Å². The van der Waals surface area contributed by atoms with Crippen LogP contribution in [-0.4, -0.2) is 8.07 Å². The average molecular weight is 241 g/mol. The zero-order chi connectivity index (χ0) is 12.6. The third-order valence-electron chi connectivity index (χ3n) is 5.54. The molecule has 0 atom stereocenters. The van der Waals surface area contributed by atoms with Crippen LogP contribution in [0, 0.1) is 0 Å². The lowest BCUT2D eigenvalue weighted by atomic mass is 10.00. The molecule has 96 valence electrons. The summed E-state index contributed by atoms with van der Waals surface area (Å²) in [6.45, 7) is 17.7. The van der Waals surface area contributed by atoms with Crippen LogP contribution in [0.2, 0.25) is 22.2 Å². The van der Waals surface area contributed by atoms with Crippen LogP contribution in [0.25, 0.3) is 0 Å². The van der Waals surface area contributed by atoms with Gasteiger partial charge in [0.2, 0.25) is 0 Å². The van der Waals surface area contributed by atoms with Crippen molar-refractivity contribution in [1.82, 2.24) is 0 Å². The predicted octanol–water partition coefficient (Wildman–Crippen LogP) is 6.00. The zero-order valence-electron chi connectivity index (χ0n) is 12.6. The first-order valence-electron chi connectivity index (χ1n) is 7.11. The van der Waals surface area contributed by atoms with Crippen LogP contribution in [-0.2, 0) is 0 Å². The first-order chi connectivity index (χ1) is 7.11. The molecule has 0 bridgehead atoms. The number of hydrogen-bond acceptors (Lipinski definition) is 0. The summed E-state index contributed by atoms with van der Waals surface area (Å²) in [5.74, 6) is 0. The second kappa shape index (κ2) is 4.47. The van der Waals surface area contributed by atoms with Gasteiger partial charge in [0.25, 0.3) is 0 Å². The Balaban J connectivity index is 3.04. The van der Waals surface area contributed by atoms with Gasteiger partial charge in [-0.25, -0.2) is 0 Å². The fourth-order valence-corrected chi connectivity index (χ4v) is 10.3. The van der Waals surface area contributed by atoms with E-state index < -0.39 is 8.07 Å². The summed E-state index contributed by atoms with van der Waals surface area (Å²) >= 11 is 0. The van der Waals surface area contributed by atoms with E-state index in [4.69, 9.17) is 0 Å².